The highest BCUT2D eigenvalue weighted by atomic mass is 19.1. The van der Waals surface area contributed by atoms with Crippen molar-refractivity contribution < 1.29 is 13.7 Å². The second kappa shape index (κ2) is 8.97. The van der Waals surface area contributed by atoms with Crippen LogP contribution in [-0.4, -0.2) is 75.7 Å². The first-order chi connectivity index (χ1) is 15.3. The van der Waals surface area contributed by atoms with Crippen LogP contribution in [0.25, 0.3) is 0 Å². The van der Waals surface area contributed by atoms with Crippen LogP contribution >= 0.6 is 0 Å². The van der Waals surface area contributed by atoms with Gasteiger partial charge in [0.05, 0.1) is 5.56 Å². The molecule has 2 aliphatic heterocycles. The molecule has 2 aromatic rings. The van der Waals surface area contributed by atoms with Gasteiger partial charge in [0.2, 0.25) is 11.8 Å². The molecule has 2 fully saturated rings. The van der Waals surface area contributed by atoms with E-state index in [-0.39, 0.29) is 23.8 Å². The van der Waals surface area contributed by atoms with Crippen molar-refractivity contribution in [2.24, 2.45) is 5.73 Å². The zero-order valence-electron chi connectivity index (χ0n) is 18.9. The maximum Gasteiger partial charge on any atom is 0.324 e. The van der Waals surface area contributed by atoms with E-state index in [1.807, 2.05) is 21.6 Å². The smallest absolute Gasteiger partial charge is 0.324 e. The summed E-state index contributed by atoms with van der Waals surface area (Å²) in [6.07, 6.45) is 5.63. The maximum atomic E-state index is 14.0. The normalized spacial score (nSPS) is 20.1. The Bertz CT molecular complexity index is 921. The number of aromatic nitrogens is 4. The van der Waals surface area contributed by atoms with Crippen LogP contribution in [-0.2, 0) is 5.67 Å². The predicted octanol–water partition coefficient (Wildman–Crippen LogP) is 1.73. The standard InChI is InChI=1S/C21H31FN8O2/c1-4-30(17(31)14-11-24-19(25-12-14)29-8-5-15(23)13-29)16-6-9-28(10-7-16)20-26-18(27-32-20)21(2,3)22/h11-12,15-16H,4-10,13,23H2,1-3H3/t15-/m1/s1. The molecular formula is C21H31FN8O2. The molecule has 2 aliphatic rings. The highest BCUT2D eigenvalue weighted by Gasteiger charge is 2.32. The van der Waals surface area contributed by atoms with E-state index in [0.717, 1.165) is 32.4 Å². The molecule has 0 unspecified atom stereocenters. The monoisotopic (exact) mass is 446 g/mol. The largest absolute Gasteiger partial charge is 0.339 e. The number of hydrogen-bond donors (Lipinski definition) is 1. The summed E-state index contributed by atoms with van der Waals surface area (Å²) >= 11 is 0. The third kappa shape index (κ3) is 4.67. The van der Waals surface area contributed by atoms with Gasteiger partial charge in [0.25, 0.3) is 5.91 Å². The Hall–Kier alpha value is -2.82. The number of nitrogens with two attached hydrogens (primary N) is 1. The van der Waals surface area contributed by atoms with E-state index < -0.39 is 5.67 Å². The van der Waals surface area contributed by atoms with Crippen molar-refractivity contribution in [1.29, 1.82) is 0 Å². The zero-order valence-corrected chi connectivity index (χ0v) is 18.9. The summed E-state index contributed by atoms with van der Waals surface area (Å²) in [7, 11) is 0. The highest BCUT2D eigenvalue weighted by molar-refractivity contribution is 5.94. The fourth-order valence-corrected chi connectivity index (χ4v) is 4.25. The number of anilines is 2. The van der Waals surface area contributed by atoms with Gasteiger partial charge in [-0.15, -0.1) is 0 Å². The van der Waals surface area contributed by atoms with Crippen molar-refractivity contribution in [2.75, 3.05) is 42.5 Å². The van der Waals surface area contributed by atoms with Gasteiger partial charge in [0.15, 0.2) is 5.67 Å². The van der Waals surface area contributed by atoms with Crippen LogP contribution in [0, 0.1) is 0 Å². The summed E-state index contributed by atoms with van der Waals surface area (Å²) in [5.41, 5.74) is 4.79. The minimum atomic E-state index is -1.65. The van der Waals surface area contributed by atoms with E-state index in [4.69, 9.17) is 10.3 Å². The third-order valence-corrected chi connectivity index (χ3v) is 6.12. The fourth-order valence-electron chi connectivity index (χ4n) is 4.25. The Balaban J connectivity index is 1.37. The number of piperidine rings is 1. The quantitative estimate of drug-likeness (QED) is 0.708. The first-order valence-corrected chi connectivity index (χ1v) is 11.2. The Morgan fingerprint density at radius 3 is 2.41 bits per heavy atom. The average Bonchev–Trinajstić information content (AvgIpc) is 3.44. The molecule has 0 aliphatic carbocycles. The summed E-state index contributed by atoms with van der Waals surface area (Å²) < 4.78 is 19.3. The molecule has 174 valence electrons. The van der Waals surface area contributed by atoms with E-state index in [1.165, 1.54) is 13.8 Å². The zero-order chi connectivity index (χ0) is 22.9. The van der Waals surface area contributed by atoms with Crippen LogP contribution in [0.3, 0.4) is 0 Å². The maximum absolute atomic E-state index is 14.0. The molecule has 11 heteroatoms. The molecule has 0 aromatic carbocycles. The van der Waals surface area contributed by atoms with Gasteiger partial charge in [-0.25, -0.2) is 14.4 Å². The van der Waals surface area contributed by atoms with Crippen LogP contribution < -0.4 is 15.5 Å². The van der Waals surface area contributed by atoms with E-state index in [1.54, 1.807) is 12.4 Å². The van der Waals surface area contributed by atoms with Crippen LogP contribution in [0.15, 0.2) is 16.9 Å². The number of amides is 1. The molecule has 0 bridgehead atoms. The Morgan fingerprint density at radius 1 is 1.22 bits per heavy atom. The number of hydrogen-bond acceptors (Lipinski definition) is 9. The molecule has 2 saturated heterocycles. The van der Waals surface area contributed by atoms with Crippen molar-refractivity contribution in [1.82, 2.24) is 25.0 Å². The van der Waals surface area contributed by atoms with Crippen LogP contribution in [0.4, 0.5) is 16.4 Å². The van der Waals surface area contributed by atoms with Gasteiger partial charge in [-0.3, -0.25) is 4.79 Å². The Morgan fingerprint density at radius 2 is 1.88 bits per heavy atom. The Labute approximate surface area is 187 Å². The second-order valence-corrected chi connectivity index (χ2v) is 8.95. The van der Waals surface area contributed by atoms with Crippen molar-refractivity contribution in [3.63, 3.8) is 0 Å². The molecule has 2 N–H and O–H groups in total. The summed E-state index contributed by atoms with van der Waals surface area (Å²) in [6, 6.07) is 0.549. The molecule has 0 spiro atoms. The van der Waals surface area contributed by atoms with Gasteiger partial charge in [0, 0.05) is 57.2 Å². The number of carbonyl (C=O) groups excluding carboxylic acids is 1. The topological polar surface area (TPSA) is 118 Å². The lowest BCUT2D eigenvalue weighted by Gasteiger charge is -2.37. The summed E-state index contributed by atoms with van der Waals surface area (Å²) in [5.74, 6) is 0.579. The molecule has 10 nitrogen and oxygen atoms in total. The molecule has 4 heterocycles. The summed E-state index contributed by atoms with van der Waals surface area (Å²) in [4.78, 5) is 32.0. The van der Waals surface area contributed by atoms with Crippen molar-refractivity contribution >= 4 is 17.9 Å². The Kier molecular flexibility index (Phi) is 6.27. The SMILES string of the molecule is CCN(C(=O)c1cnc(N2CC[C@@H](N)C2)nc1)C1CCN(c2nc(C(C)(C)F)no2)CC1. The molecule has 0 saturated carbocycles. The van der Waals surface area contributed by atoms with Crippen LogP contribution in [0.1, 0.15) is 56.2 Å². The molecule has 1 atom stereocenters. The van der Waals surface area contributed by atoms with Crippen molar-refractivity contribution in [2.45, 2.75) is 57.8 Å². The van der Waals surface area contributed by atoms with Gasteiger partial charge in [-0.1, -0.05) is 5.16 Å². The lowest BCUT2D eigenvalue weighted by atomic mass is 10.0. The summed E-state index contributed by atoms with van der Waals surface area (Å²) in [5, 5.41) is 3.75. The van der Waals surface area contributed by atoms with Gasteiger partial charge in [-0.05, 0) is 40.0 Å². The van der Waals surface area contributed by atoms with Gasteiger partial charge in [-0.2, -0.15) is 4.98 Å². The minimum Gasteiger partial charge on any atom is -0.339 e. The van der Waals surface area contributed by atoms with Gasteiger partial charge < -0.3 is 25.0 Å². The number of rotatable bonds is 6. The first-order valence-electron chi connectivity index (χ1n) is 11.2. The minimum absolute atomic E-state index is 0.0411. The molecule has 32 heavy (non-hydrogen) atoms. The number of nitrogens with zero attached hydrogens (tertiary/aromatic N) is 7. The second-order valence-electron chi connectivity index (χ2n) is 8.95. The van der Waals surface area contributed by atoms with E-state index in [9.17, 15) is 9.18 Å². The van der Waals surface area contributed by atoms with Crippen molar-refractivity contribution in [3.8, 4) is 0 Å². The molecule has 0 radical (unpaired) electrons. The number of halogens is 1. The summed E-state index contributed by atoms with van der Waals surface area (Å²) in [6.45, 7) is 8.21. The van der Waals surface area contributed by atoms with E-state index in [0.29, 0.717) is 37.2 Å². The molecule has 2 aromatic heterocycles. The third-order valence-electron chi connectivity index (χ3n) is 6.12. The lowest BCUT2D eigenvalue weighted by molar-refractivity contribution is 0.0661. The van der Waals surface area contributed by atoms with Gasteiger partial charge >= 0.3 is 6.01 Å². The van der Waals surface area contributed by atoms with Crippen molar-refractivity contribution in [3.05, 3.63) is 23.8 Å². The highest BCUT2D eigenvalue weighted by Crippen LogP contribution is 2.27. The predicted molar refractivity (Wildman–Crippen MR) is 117 cm³/mol. The van der Waals surface area contributed by atoms with E-state index >= 15 is 0 Å². The van der Waals surface area contributed by atoms with Crippen LogP contribution in [0.5, 0.6) is 0 Å². The number of alkyl halides is 1. The van der Waals surface area contributed by atoms with Gasteiger partial charge in [0.1, 0.15) is 0 Å². The molecule has 1 amide bonds. The molecular weight excluding hydrogens is 415 g/mol. The average molecular weight is 447 g/mol. The fraction of sp³-hybridized carbons (Fsp3) is 0.667. The lowest BCUT2D eigenvalue weighted by Crippen LogP contribution is -2.47. The van der Waals surface area contributed by atoms with Crippen LogP contribution in [0.2, 0.25) is 0 Å². The van der Waals surface area contributed by atoms with E-state index in [2.05, 4.69) is 20.1 Å². The number of carbonyl (C=O) groups is 1. The first kappa shape index (κ1) is 22.4. The molecule has 4 rings (SSSR count).